The van der Waals surface area contributed by atoms with Crippen LogP contribution in [0.15, 0.2) is 39.3 Å². The summed E-state index contributed by atoms with van der Waals surface area (Å²) in [6.07, 6.45) is 0. The predicted octanol–water partition coefficient (Wildman–Crippen LogP) is 5.36. The van der Waals surface area contributed by atoms with E-state index in [-0.39, 0.29) is 0 Å². The molecule has 0 radical (unpaired) electrons. The van der Waals surface area contributed by atoms with Crippen molar-refractivity contribution >= 4 is 49.1 Å². The third-order valence-electron chi connectivity index (χ3n) is 2.85. The summed E-state index contributed by atoms with van der Waals surface area (Å²) in [5, 5.41) is 12.9. The second-order valence-corrected chi connectivity index (χ2v) is 6.39. The third-order valence-corrected chi connectivity index (χ3v) is 4.26. The van der Waals surface area contributed by atoms with E-state index < -0.39 is 0 Å². The van der Waals surface area contributed by atoms with Crippen LogP contribution in [0.3, 0.4) is 0 Å². The van der Waals surface area contributed by atoms with E-state index in [0.717, 1.165) is 20.3 Å². The molecule has 0 heterocycles. The first-order valence-corrected chi connectivity index (χ1v) is 7.97. The van der Waals surface area contributed by atoms with E-state index in [1.807, 2.05) is 12.1 Å². The minimum Gasteiger partial charge on any atom is -0.494 e. The monoisotopic (exact) mass is 428 g/mol. The van der Waals surface area contributed by atoms with Crippen molar-refractivity contribution in [3.63, 3.8) is 0 Å². The Labute approximate surface area is 145 Å². The van der Waals surface area contributed by atoms with Crippen LogP contribution < -0.4 is 10.1 Å². The summed E-state index contributed by atoms with van der Waals surface area (Å²) in [7, 11) is 1.62. The Morgan fingerprint density at radius 2 is 1.90 bits per heavy atom. The van der Waals surface area contributed by atoms with E-state index in [9.17, 15) is 0 Å². The molecule has 2 aromatic rings. The minimum absolute atomic E-state index is 0.561. The molecule has 108 valence electrons. The number of rotatable bonds is 4. The van der Waals surface area contributed by atoms with Crippen LogP contribution in [-0.4, -0.2) is 7.11 Å². The molecular formula is C15H11Br2ClN2O. The summed E-state index contributed by atoms with van der Waals surface area (Å²) in [4.78, 5) is 0. The molecule has 0 fully saturated rings. The maximum absolute atomic E-state index is 9.10. The largest absolute Gasteiger partial charge is 0.494 e. The Kier molecular flexibility index (Phi) is 5.51. The molecule has 2 rings (SSSR count). The second-order valence-electron chi connectivity index (χ2n) is 4.25. The number of anilines is 1. The van der Waals surface area contributed by atoms with E-state index in [1.54, 1.807) is 25.3 Å². The van der Waals surface area contributed by atoms with Gasteiger partial charge in [-0.2, -0.15) is 5.26 Å². The van der Waals surface area contributed by atoms with Gasteiger partial charge >= 0.3 is 0 Å². The number of halogens is 3. The molecule has 0 atom stereocenters. The lowest BCUT2D eigenvalue weighted by atomic mass is 10.1. The molecule has 0 aliphatic carbocycles. The van der Waals surface area contributed by atoms with Crippen LogP contribution in [0.2, 0.25) is 5.02 Å². The van der Waals surface area contributed by atoms with Gasteiger partial charge in [-0.25, -0.2) is 0 Å². The molecule has 0 aromatic heterocycles. The molecule has 0 amide bonds. The van der Waals surface area contributed by atoms with Gasteiger partial charge in [0.2, 0.25) is 0 Å². The van der Waals surface area contributed by atoms with E-state index >= 15 is 0 Å². The molecule has 2 aromatic carbocycles. The van der Waals surface area contributed by atoms with Crippen LogP contribution in [0.25, 0.3) is 0 Å². The Hall–Kier alpha value is -1.22. The molecule has 0 unspecified atom stereocenters. The Bertz CT molecular complexity index is 690. The van der Waals surface area contributed by atoms with Gasteiger partial charge in [-0.3, -0.25) is 0 Å². The lowest BCUT2D eigenvalue weighted by Crippen LogP contribution is -2.02. The maximum Gasteiger partial charge on any atom is 0.147 e. The van der Waals surface area contributed by atoms with Crippen molar-refractivity contribution in [1.29, 1.82) is 5.26 Å². The van der Waals surface area contributed by atoms with Crippen molar-refractivity contribution in [2.75, 3.05) is 12.4 Å². The Morgan fingerprint density at radius 3 is 2.48 bits per heavy atom. The highest BCUT2D eigenvalue weighted by atomic mass is 79.9. The lowest BCUT2D eigenvalue weighted by Gasteiger charge is -2.12. The Morgan fingerprint density at radius 1 is 1.24 bits per heavy atom. The lowest BCUT2D eigenvalue weighted by molar-refractivity contribution is 0.409. The fourth-order valence-electron chi connectivity index (χ4n) is 1.87. The summed E-state index contributed by atoms with van der Waals surface area (Å²) >= 11 is 12.9. The minimum atomic E-state index is 0.561. The van der Waals surface area contributed by atoms with Gasteiger partial charge in [-0.05, 0) is 67.8 Å². The normalized spacial score (nSPS) is 10.0. The number of hydrogen-bond donors (Lipinski definition) is 1. The first-order valence-electron chi connectivity index (χ1n) is 6.00. The van der Waals surface area contributed by atoms with Gasteiger partial charge in [0.25, 0.3) is 0 Å². The molecule has 3 nitrogen and oxygen atoms in total. The van der Waals surface area contributed by atoms with E-state index in [4.69, 9.17) is 21.6 Å². The number of nitrogens with one attached hydrogen (secondary N) is 1. The average Bonchev–Trinajstić information content (AvgIpc) is 2.45. The summed E-state index contributed by atoms with van der Waals surface area (Å²) in [6, 6.07) is 11.2. The zero-order valence-electron chi connectivity index (χ0n) is 11.1. The van der Waals surface area contributed by atoms with Crippen molar-refractivity contribution in [1.82, 2.24) is 0 Å². The van der Waals surface area contributed by atoms with Gasteiger partial charge < -0.3 is 10.1 Å². The molecule has 1 N–H and O–H groups in total. The third kappa shape index (κ3) is 3.91. The van der Waals surface area contributed by atoms with Crippen LogP contribution in [0, 0.1) is 11.3 Å². The summed E-state index contributed by atoms with van der Waals surface area (Å²) < 4.78 is 7.00. The van der Waals surface area contributed by atoms with Crippen LogP contribution in [0.4, 0.5) is 5.69 Å². The Balaban J connectivity index is 2.21. The second kappa shape index (κ2) is 7.17. The smallest absolute Gasteiger partial charge is 0.147 e. The molecule has 6 heteroatoms. The highest BCUT2D eigenvalue weighted by Gasteiger charge is 2.08. The van der Waals surface area contributed by atoms with Crippen LogP contribution in [0.1, 0.15) is 11.1 Å². The number of ether oxygens (including phenoxy) is 1. The quantitative estimate of drug-likeness (QED) is 0.711. The zero-order chi connectivity index (χ0) is 15.4. The number of nitrogens with zero attached hydrogens (tertiary/aromatic N) is 1. The molecule has 0 aliphatic rings. The van der Waals surface area contributed by atoms with Crippen molar-refractivity contribution in [3.8, 4) is 11.8 Å². The van der Waals surface area contributed by atoms with Gasteiger partial charge in [0.1, 0.15) is 11.8 Å². The van der Waals surface area contributed by atoms with E-state index in [0.29, 0.717) is 22.8 Å². The first-order chi connectivity index (χ1) is 10.0. The molecular weight excluding hydrogens is 419 g/mol. The van der Waals surface area contributed by atoms with Crippen LogP contribution in [0.5, 0.6) is 5.75 Å². The SMILES string of the molecule is COc1c(Br)cc(CNc2cc(Cl)ccc2C#N)cc1Br. The summed E-state index contributed by atoms with van der Waals surface area (Å²) in [6.45, 7) is 0.566. The highest BCUT2D eigenvalue weighted by molar-refractivity contribution is 9.11. The van der Waals surface area contributed by atoms with E-state index in [1.165, 1.54) is 0 Å². The first kappa shape index (κ1) is 16.2. The number of methoxy groups -OCH3 is 1. The maximum atomic E-state index is 9.10. The summed E-state index contributed by atoms with van der Waals surface area (Å²) in [5.41, 5.74) is 2.32. The number of benzene rings is 2. The highest BCUT2D eigenvalue weighted by Crippen LogP contribution is 2.34. The molecule has 0 aliphatic heterocycles. The fraction of sp³-hybridized carbons (Fsp3) is 0.133. The number of nitriles is 1. The molecule has 0 bridgehead atoms. The van der Waals surface area contributed by atoms with Crippen LogP contribution in [-0.2, 0) is 6.54 Å². The van der Waals surface area contributed by atoms with Gasteiger partial charge in [0, 0.05) is 11.6 Å². The van der Waals surface area contributed by atoms with Crippen molar-refractivity contribution in [2.45, 2.75) is 6.54 Å². The molecule has 0 spiro atoms. The summed E-state index contributed by atoms with van der Waals surface area (Å²) in [5.74, 6) is 0.749. The zero-order valence-corrected chi connectivity index (χ0v) is 15.0. The van der Waals surface area contributed by atoms with Gasteiger partial charge in [-0.1, -0.05) is 11.6 Å². The standard InChI is InChI=1S/C15H11Br2ClN2O/c1-21-15-12(16)4-9(5-13(15)17)8-20-14-6-11(18)3-2-10(14)7-19/h2-6,20H,8H2,1H3. The van der Waals surface area contributed by atoms with Crippen LogP contribution >= 0.6 is 43.5 Å². The van der Waals surface area contributed by atoms with Crippen molar-refractivity contribution < 1.29 is 4.74 Å². The average molecular weight is 431 g/mol. The van der Waals surface area contributed by atoms with Gasteiger partial charge in [0.05, 0.1) is 27.3 Å². The van der Waals surface area contributed by atoms with Crippen molar-refractivity contribution in [3.05, 3.63) is 55.4 Å². The van der Waals surface area contributed by atoms with E-state index in [2.05, 4.69) is 43.2 Å². The van der Waals surface area contributed by atoms with Gasteiger partial charge in [-0.15, -0.1) is 0 Å². The molecule has 0 saturated heterocycles. The van der Waals surface area contributed by atoms with Gasteiger partial charge in [0.15, 0.2) is 0 Å². The van der Waals surface area contributed by atoms with Crippen molar-refractivity contribution in [2.24, 2.45) is 0 Å². The number of hydrogen-bond acceptors (Lipinski definition) is 3. The predicted molar refractivity (Wildman–Crippen MR) is 91.9 cm³/mol. The molecule has 21 heavy (non-hydrogen) atoms. The fourth-order valence-corrected chi connectivity index (χ4v) is 3.64. The topological polar surface area (TPSA) is 45.0 Å². The molecule has 0 saturated carbocycles.